The van der Waals surface area contributed by atoms with E-state index in [0.29, 0.717) is 35.0 Å². The topological polar surface area (TPSA) is 110 Å². The predicted octanol–water partition coefficient (Wildman–Crippen LogP) is 6.03. The summed E-state index contributed by atoms with van der Waals surface area (Å²) in [4.78, 5) is 14.4. The van der Waals surface area contributed by atoms with Crippen LogP contribution in [0.15, 0.2) is 36.4 Å². The Bertz CT molecular complexity index is 1580. The number of fused-ring (bicyclic) bond motifs is 1. The first-order valence-corrected chi connectivity index (χ1v) is 15.5. The average molecular weight is 602 g/mol. The zero-order valence-electron chi connectivity index (χ0n) is 26.4. The number of nitrogens with zero attached hydrogens (tertiary/aromatic N) is 5. The Kier molecular flexibility index (Phi) is 8.92. The highest BCUT2D eigenvalue weighted by Gasteiger charge is 2.24. The number of H-pyrrole nitrogens is 1. The van der Waals surface area contributed by atoms with Crippen molar-refractivity contribution < 1.29 is 18.9 Å². The molecule has 11 heteroatoms. The highest BCUT2D eigenvalue weighted by Crippen LogP contribution is 2.39. The number of methoxy groups -OCH3 is 3. The molecule has 1 aliphatic carbocycles. The fraction of sp³-hybridized carbons (Fsp3) is 0.485. The summed E-state index contributed by atoms with van der Waals surface area (Å²) in [5.74, 6) is 2.90. The number of aromatic amines is 1. The number of ether oxygens (including phenoxy) is 4. The van der Waals surface area contributed by atoms with Gasteiger partial charge in [0.25, 0.3) is 0 Å². The van der Waals surface area contributed by atoms with Crippen LogP contribution in [0.25, 0.3) is 22.3 Å². The number of hydrogen-bond acceptors (Lipinski definition) is 10. The van der Waals surface area contributed by atoms with E-state index in [1.54, 1.807) is 21.3 Å². The Morgan fingerprint density at radius 3 is 2.30 bits per heavy atom. The van der Waals surface area contributed by atoms with E-state index in [1.165, 1.54) is 6.42 Å². The second kappa shape index (κ2) is 13.2. The first-order valence-electron chi connectivity index (χ1n) is 15.5. The molecule has 0 bridgehead atoms. The molecule has 2 fully saturated rings. The Labute approximate surface area is 258 Å². The summed E-state index contributed by atoms with van der Waals surface area (Å²) in [6.07, 6.45) is 7.90. The Morgan fingerprint density at radius 1 is 0.841 bits per heavy atom. The van der Waals surface area contributed by atoms with E-state index in [1.807, 2.05) is 24.3 Å². The van der Waals surface area contributed by atoms with E-state index < -0.39 is 0 Å². The van der Waals surface area contributed by atoms with Crippen molar-refractivity contribution in [2.45, 2.75) is 57.1 Å². The maximum atomic E-state index is 6.60. The lowest BCUT2D eigenvalue weighted by Crippen LogP contribution is -2.41. The minimum absolute atomic E-state index is 0.0910. The number of hydrogen-bond donors (Lipinski definition) is 2. The summed E-state index contributed by atoms with van der Waals surface area (Å²) in [6.45, 7) is 2.03. The van der Waals surface area contributed by atoms with Gasteiger partial charge in [0.15, 0.2) is 17.1 Å². The van der Waals surface area contributed by atoms with E-state index in [9.17, 15) is 0 Å². The molecular weight excluding hydrogens is 558 g/mol. The van der Waals surface area contributed by atoms with Gasteiger partial charge in [0, 0.05) is 36.4 Å². The number of aromatic nitrogens is 4. The second-order valence-electron chi connectivity index (χ2n) is 11.8. The van der Waals surface area contributed by atoms with Gasteiger partial charge in [-0.3, -0.25) is 5.10 Å². The van der Waals surface area contributed by atoms with Crippen LogP contribution in [0.1, 0.15) is 44.9 Å². The van der Waals surface area contributed by atoms with Crippen molar-refractivity contribution in [1.82, 2.24) is 25.1 Å². The van der Waals surface area contributed by atoms with Crippen LogP contribution in [0, 0.1) is 0 Å². The zero-order valence-corrected chi connectivity index (χ0v) is 26.4. The SMILES string of the molecule is COc1cc(N2CCC(N(C)C)CC2)ccc1Nc1nc(OC2CCCCC2)c2c(-c3ccc(OC)c(OC)c3)[nH]nc2n1. The summed E-state index contributed by atoms with van der Waals surface area (Å²) in [6, 6.07) is 12.6. The van der Waals surface area contributed by atoms with E-state index in [0.717, 1.165) is 85.4 Å². The second-order valence-corrected chi connectivity index (χ2v) is 11.8. The molecule has 0 spiro atoms. The molecule has 4 aromatic rings. The van der Waals surface area contributed by atoms with Gasteiger partial charge < -0.3 is 34.1 Å². The molecule has 11 nitrogen and oxygen atoms in total. The fourth-order valence-corrected chi connectivity index (χ4v) is 6.32. The lowest BCUT2D eigenvalue weighted by atomic mass is 9.98. The number of rotatable bonds is 10. The molecule has 1 saturated heterocycles. The van der Waals surface area contributed by atoms with Gasteiger partial charge in [-0.25, -0.2) is 0 Å². The molecule has 2 N–H and O–H groups in total. The lowest BCUT2D eigenvalue weighted by molar-refractivity contribution is 0.151. The molecule has 234 valence electrons. The minimum atomic E-state index is 0.0910. The van der Waals surface area contributed by atoms with Gasteiger partial charge in [-0.1, -0.05) is 6.42 Å². The quantitative estimate of drug-likeness (QED) is 0.224. The van der Waals surface area contributed by atoms with Crippen molar-refractivity contribution in [3.63, 3.8) is 0 Å². The van der Waals surface area contributed by atoms with Crippen molar-refractivity contribution in [3.8, 4) is 34.4 Å². The van der Waals surface area contributed by atoms with Crippen molar-refractivity contribution in [2.75, 3.05) is 58.7 Å². The molecule has 3 heterocycles. The van der Waals surface area contributed by atoms with Crippen LogP contribution in [0.4, 0.5) is 17.3 Å². The van der Waals surface area contributed by atoms with Crippen LogP contribution >= 0.6 is 0 Å². The summed E-state index contributed by atoms with van der Waals surface area (Å²) in [5.41, 5.74) is 4.07. The van der Waals surface area contributed by atoms with Gasteiger partial charge in [-0.05, 0) is 83.0 Å². The molecular formula is C33H43N7O4. The first-order chi connectivity index (χ1) is 21.5. The van der Waals surface area contributed by atoms with Crippen LogP contribution in [0.2, 0.25) is 0 Å². The number of nitrogens with one attached hydrogen (secondary N) is 2. The summed E-state index contributed by atoms with van der Waals surface area (Å²) in [5, 5.41) is 11.9. The summed E-state index contributed by atoms with van der Waals surface area (Å²) >= 11 is 0. The highest BCUT2D eigenvalue weighted by molar-refractivity contribution is 5.95. The molecule has 0 amide bonds. The molecule has 2 aliphatic rings. The number of anilines is 3. The summed E-state index contributed by atoms with van der Waals surface area (Å²) in [7, 11) is 9.26. The molecule has 6 rings (SSSR count). The van der Waals surface area contributed by atoms with Gasteiger partial charge in [0.05, 0.1) is 32.7 Å². The lowest BCUT2D eigenvalue weighted by Gasteiger charge is -2.36. The minimum Gasteiger partial charge on any atom is -0.494 e. The van der Waals surface area contributed by atoms with Gasteiger partial charge in [0.2, 0.25) is 11.8 Å². The van der Waals surface area contributed by atoms with Crippen molar-refractivity contribution >= 4 is 28.4 Å². The largest absolute Gasteiger partial charge is 0.494 e. The molecule has 0 radical (unpaired) electrons. The Morgan fingerprint density at radius 2 is 1.59 bits per heavy atom. The molecule has 1 aliphatic heterocycles. The van der Waals surface area contributed by atoms with Crippen LogP contribution < -0.4 is 29.2 Å². The average Bonchev–Trinajstić information content (AvgIpc) is 3.49. The normalized spacial score (nSPS) is 16.4. The summed E-state index contributed by atoms with van der Waals surface area (Å²) < 4.78 is 23.4. The van der Waals surface area contributed by atoms with E-state index in [2.05, 4.69) is 51.5 Å². The molecule has 1 saturated carbocycles. The third-order valence-electron chi connectivity index (χ3n) is 8.87. The van der Waals surface area contributed by atoms with Gasteiger partial charge >= 0.3 is 0 Å². The Hall–Kier alpha value is -4.25. The number of piperidine rings is 1. The van der Waals surface area contributed by atoms with Gasteiger partial charge in [0.1, 0.15) is 17.2 Å². The standard InChI is InChI=1S/C33H43N7O4/c1-39(2)22-15-17-40(18-16-22)23-12-13-25(27(20-23)42-4)34-33-35-31-29(32(36-33)44-24-9-7-6-8-10-24)30(37-38-31)21-11-14-26(41-3)28(19-21)43-5/h11-14,19-20,22,24H,6-10,15-18H2,1-5H3,(H2,34,35,36,37,38). The Balaban J connectivity index is 1.32. The fourth-order valence-electron chi connectivity index (χ4n) is 6.32. The van der Waals surface area contributed by atoms with Crippen molar-refractivity contribution in [2.24, 2.45) is 0 Å². The van der Waals surface area contributed by atoms with Crippen LogP contribution in [-0.2, 0) is 0 Å². The number of benzene rings is 2. The third-order valence-corrected chi connectivity index (χ3v) is 8.87. The van der Waals surface area contributed by atoms with Crippen molar-refractivity contribution in [3.05, 3.63) is 36.4 Å². The van der Waals surface area contributed by atoms with Gasteiger partial charge in [-0.15, -0.1) is 0 Å². The molecule has 2 aromatic carbocycles. The monoisotopic (exact) mass is 601 g/mol. The van der Waals surface area contributed by atoms with E-state index >= 15 is 0 Å². The molecule has 0 atom stereocenters. The highest BCUT2D eigenvalue weighted by atomic mass is 16.5. The van der Waals surface area contributed by atoms with Crippen LogP contribution in [-0.4, -0.2) is 85.7 Å². The van der Waals surface area contributed by atoms with Gasteiger partial charge in [-0.2, -0.15) is 15.1 Å². The van der Waals surface area contributed by atoms with E-state index in [4.69, 9.17) is 28.9 Å². The van der Waals surface area contributed by atoms with Crippen molar-refractivity contribution in [1.29, 1.82) is 0 Å². The maximum Gasteiger partial charge on any atom is 0.232 e. The van der Waals surface area contributed by atoms with Crippen LogP contribution in [0.5, 0.6) is 23.1 Å². The predicted molar refractivity (Wildman–Crippen MR) is 173 cm³/mol. The molecule has 44 heavy (non-hydrogen) atoms. The maximum absolute atomic E-state index is 6.60. The molecule has 0 unspecified atom stereocenters. The third kappa shape index (κ3) is 6.19. The van der Waals surface area contributed by atoms with E-state index in [-0.39, 0.29) is 6.10 Å². The molecule has 2 aromatic heterocycles. The van der Waals surface area contributed by atoms with Crippen LogP contribution in [0.3, 0.4) is 0 Å². The first kappa shape index (κ1) is 29.8. The smallest absolute Gasteiger partial charge is 0.232 e. The zero-order chi connectivity index (χ0) is 30.6.